The average molecular weight is 651 g/mol. The lowest BCUT2D eigenvalue weighted by Crippen LogP contribution is -1.96. The minimum Gasteiger partial charge on any atom is -0.455 e. The topological polar surface area (TPSA) is 38.9 Å². The van der Waals surface area contributed by atoms with Gasteiger partial charge in [-0.25, -0.2) is 9.97 Å². The molecule has 0 unspecified atom stereocenters. The molecular formula is C48H30N2O. The molecule has 0 bridgehead atoms. The first-order valence-electron chi connectivity index (χ1n) is 17.2. The lowest BCUT2D eigenvalue weighted by molar-refractivity contribution is 0.670. The molecule has 0 aliphatic rings. The lowest BCUT2D eigenvalue weighted by atomic mass is 9.92. The predicted octanol–water partition coefficient (Wildman–Crippen LogP) is 13.0. The number of fused-ring (bicyclic) bond motifs is 6. The van der Waals surface area contributed by atoms with Gasteiger partial charge in [-0.05, 0) is 62.5 Å². The first-order valence-corrected chi connectivity index (χ1v) is 17.2. The van der Waals surface area contributed by atoms with Crippen molar-refractivity contribution in [3.8, 4) is 56.2 Å². The summed E-state index contributed by atoms with van der Waals surface area (Å²) in [6.45, 7) is 0. The van der Waals surface area contributed by atoms with E-state index in [1.165, 1.54) is 32.7 Å². The van der Waals surface area contributed by atoms with E-state index >= 15 is 0 Å². The van der Waals surface area contributed by atoms with Crippen LogP contribution >= 0.6 is 0 Å². The second kappa shape index (κ2) is 11.9. The van der Waals surface area contributed by atoms with Crippen LogP contribution in [-0.4, -0.2) is 9.97 Å². The highest BCUT2D eigenvalue weighted by Gasteiger charge is 2.20. The normalized spacial score (nSPS) is 11.5. The maximum Gasteiger partial charge on any atom is 0.160 e. The van der Waals surface area contributed by atoms with E-state index in [4.69, 9.17) is 14.4 Å². The molecule has 0 fully saturated rings. The third-order valence-corrected chi connectivity index (χ3v) is 9.90. The smallest absolute Gasteiger partial charge is 0.160 e. The summed E-state index contributed by atoms with van der Waals surface area (Å²) in [5, 5.41) is 7.14. The van der Waals surface area contributed by atoms with Crippen molar-refractivity contribution >= 4 is 43.5 Å². The monoisotopic (exact) mass is 650 g/mol. The molecule has 2 aromatic heterocycles. The summed E-state index contributed by atoms with van der Waals surface area (Å²) in [6.07, 6.45) is 0. The van der Waals surface area contributed by atoms with Gasteiger partial charge in [0, 0.05) is 33.0 Å². The van der Waals surface area contributed by atoms with Crippen LogP contribution in [0.2, 0.25) is 0 Å². The number of para-hydroxylation sites is 1. The molecule has 3 heteroatoms. The van der Waals surface area contributed by atoms with Gasteiger partial charge < -0.3 is 4.42 Å². The number of benzene rings is 8. The van der Waals surface area contributed by atoms with Gasteiger partial charge >= 0.3 is 0 Å². The van der Waals surface area contributed by atoms with E-state index in [2.05, 4.69) is 133 Å². The largest absolute Gasteiger partial charge is 0.455 e. The minimum absolute atomic E-state index is 0.689. The molecule has 51 heavy (non-hydrogen) atoms. The maximum atomic E-state index is 6.71. The van der Waals surface area contributed by atoms with Crippen molar-refractivity contribution in [2.24, 2.45) is 0 Å². The van der Waals surface area contributed by atoms with Gasteiger partial charge in [0.15, 0.2) is 5.82 Å². The van der Waals surface area contributed by atoms with Crippen LogP contribution in [0.15, 0.2) is 186 Å². The zero-order valence-corrected chi connectivity index (χ0v) is 27.6. The number of aromatic nitrogens is 2. The van der Waals surface area contributed by atoms with E-state index in [0.717, 1.165) is 61.1 Å². The fourth-order valence-corrected chi connectivity index (χ4v) is 7.45. The Hall–Kier alpha value is -6.84. The summed E-state index contributed by atoms with van der Waals surface area (Å²) in [5.74, 6) is 0.689. The van der Waals surface area contributed by atoms with Crippen LogP contribution in [0.3, 0.4) is 0 Å². The third-order valence-electron chi connectivity index (χ3n) is 9.90. The molecule has 0 aliphatic carbocycles. The van der Waals surface area contributed by atoms with Crippen LogP contribution in [0, 0.1) is 0 Å². The van der Waals surface area contributed by atoms with Crippen LogP contribution in [-0.2, 0) is 0 Å². The standard InChI is InChI=1S/C48H30N2O/c1-3-13-33(14-4-1)43-30-44(50-48(49-43)34-15-5-2-6-16-34)40-28-27-37(47-46(40)41-21-11-12-22-45(41)51-47)31-23-25-32(26-24-31)42-29-35-17-7-8-18-36(35)38-19-9-10-20-39(38)42/h1-30H. The molecule has 238 valence electrons. The minimum atomic E-state index is 0.689. The van der Waals surface area contributed by atoms with Crippen LogP contribution in [0.25, 0.3) is 99.6 Å². The van der Waals surface area contributed by atoms with Crippen LogP contribution < -0.4 is 0 Å². The Labute approximate surface area is 295 Å². The van der Waals surface area contributed by atoms with E-state index in [0.29, 0.717) is 5.82 Å². The Morgan fingerprint density at radius 3 is 1.69 bits per heavy atom. The summed E-state index contributed by atoms with van der Waals surface area (Å²) in [4.78, 5) is 10.2. The van der Waals surface area contributed by atoms with Crippen molar-refractivity contribution in [1.82, 2.24) is 9.97 Å². The highest BCUT2D eigenvalue weighted by Crippen LogP contribution is 2.43. The molecule has 10 aromatic rings. The van der Waals surface area contributed by atoms with Crippen molar-refractivity contribution in [2.75, 3.05) is 0 Å². The lowest BCUT2D eigenvalue weighted by Gasteiger charge is -2.13. The van der Waals surface area contributed by atoms with Gasteiger partial charge in [0.25, 0.3) is 0 Å². The average Bonchev–Trinajstić information content (AvgIpc) is 3.61. The van der Waals surface area contributed by atoms with Crippen LogP contribution in [0.4, 0.5) is 0 Å². The van der Waals surface area contributed by atoms with Crippen LogP contribution in [0.5, 0.6) is 0 Å². The van der Waals surface area contributed by atoms with Gasteiger partial charge in [0.05, 0.1) is 11.4 Å². The molecule has 8 aromatic carbocycles. The highest BCUT2D eigenvalue weighted by atomic mass is 16.3. The number of hydrogen-bond acceptors (Lipinski definition) is 3. The van der Waals surface area contributed by atoms with Crippen molar-refractivity contribution in [1.29, 1.82) is 0 Å². The summed E-state index contributed by atoms with van der Waals surface area (Å²) in [5.41, 5.74) is 11.0. The molecule has 0 atom stereocenters. The Bertz CT molecular complexity index is 2830. The summed E-state index contributed by atoms with van der Waals surface area (Å²) >= 11 is 0. The summed E-state index contributed by atoms with van der Waals surface area (Å²) in [7, 11) is 0. The number of hydrogen-bond donors (Lipinski definition) is 0. The van der Waals surface area contributed by atoms with E-state index in [9.17, 15) is 0 Å². The Morgan fingerprint density at radius 2 is 0.922 bits per heavy atom. The maximum absolute atomic E-state index is 6.71. The van der Waals surface area contributed by atoms with Gasteiger partial charge in [0.2, 0.25) is 0 Å². The molecular weight excluding hydrogens is 621 g/mol. The molecule has 0 saturated carbocycles. The van der Waals surface area contributed by atoms with Crippen molar-refractivity contribution in [3.63, 3.8) is 0 Å². The first kappa shape index (κ1) is 29.1. The second-order valence-corrected chi connectivity index (χ2v) is 12.9. The fraction of sp³-hybridized carbons (Fsp3) is 0. The molecule has 0 amide bonds. The predicted molar refractivity (Wildman–Crippen MR) is 212 cm³/mol. The van der Waals surface area contributed by atoms with Crippen molar-refractivity contribution in [2.45, 2.75) is 0 Å². The quantitative estimate of drug-likeness (QED) is 0.174. The number of furan rings is 1. The first-order chi connectivity index (χ1) is 25.3. The SMILES string of the molecule is c1ccc(-c2cc(-c3ccc(-c4ccc(-c5cc6ccccc6c6ccccc56)cc4)c4oc5ccccc5c34)nc(-c3ccccc3)n2)cc1. The van der Waals surface area contributed by atoms with E-state index < -0.39 is 0 Å². The van der Waals surface area contributed by atoms with Crippen molar-refractivity contribution in [3.05, 3.63) is 182 Å². The van der Waals surface area contributed by atoms with Gasteiger partial charge in [-0.2, -0.15) is 0 Å². The van der Waals surface area contributed by atoms with Gasteiger partial charge in [0.1, 0.15) is 11.2 Å². The Morgan fingerprint density at radius 1 is 0.353 bits per heavy atom. The number of nitrogens with zero attached hydrogens (tertiary/aromatic N) is 2. The third kappa shape index (κ3) is 4.98. The summed E-state index contributed by atoms with van der Waals surface area (Å²) in [6, 6.07) is 63.8. The molecule has 0 N–H and O–H groups in total. The highest BCUT2D eigenvalue weighted by molar-refractivity contribution is 6.16. The van der Waals surface area contributed by atoms with E-state index in [1.807, 2.05) is 48.5 Å². The molecule has 3 nitrogen and oxygen atoms in total. The van der Waals surface area contributed by atoms with Gasteiger partial charge in [-0.15, -0.1) is 0 Å². The molecule has 0 saturated heterocycles. The molecule has 2 heterocycles. The van der Waals surface area contributed by atoms with E-state index in [1.54, 1.807) is 0 Å². The number of rotatable bonds is 5. The fourth-order valence-electron chi connectivity index (χ4n) is 7.45. The zero-order chi connectivity index (χ0) is 33.7. The zero-order valence-electron chi connectivity index (χ0n) is 27.6. The van der Waals surface area contributed by atoms with Gasteiger partial charge in [-0.1, -0.05) is 158 Å². The van der Waals surface area contributed by atoms with Crippen molar-refractivity contribution < 1.29 is 4.42 Å². The Balaban J connectivity index is 1.15. The Kier molecular flexibility index (Phi) is 6.81. The molecule has 0 spiro atoms. The summed E-state index contributed by atoms with van der Waals surface area (Å²) < 4.78 is 6.71. The van der Waals surface area contributed by atoms with E-state index in [-0.39, 0.29) is 0 Å². The van der Waals surface area contributed by atoms with Gasteiger partial charge in [-0.3, -0.25) is 0 Å². The molecule has 0 aliphatic heterocycles. The second-order valence-electron chi connectivity index (χ2n) is 12.9. The van der Waals surface area contributed by atoms with Crippen LogP contribution in [0.1, 0.15) is 0 Å². The molecule has 10 rings (SSSR count). The molecule has 0 radical (unpaired) electrons.